The second-order valence-electron chi connectivity index (χ2n) is 7.64. The molecule has 8 nitrogen and oxygen atoms in total. The number of amides is 1. The zero-order chi connectivity index (χ0) is 23.1. The van der Waals surface area contributed by atoms with Crippen molar-refractivity contribution in [2.75, 3.05) is 25.5 Å². The minimum Gasteiger partial charge on any atom is -0.497 e. The van der Waals surface area contributed by atoms with Gasteiger partial charge in [-0.1, -0.05) is 18.6 Å². The van der Waals surface area contributed by atoms with Crippen LogP contribution in [-0.2, 0) is 30.8 Å². The molecule has 1 amide bonds. The Hall–Kier alpha value is -2.91. The van der Waals surface area contributed by atoms with Gasteiger partial charge in [-0.3, -0.25) is 9.59 Å². The first-order valence-corrected chi connectivity index (χ1v) is 12.0. The number of carbonyl (C=O) groups is 2. The summed E-state index contributed by atoms with van der Waals surface area (Å²) in [5.74, 6) is -0.411. The second-order valence-corrected chi connectivity index (χ2v) is 9.58. The standard InChI is InChI=1S/C23H28N2O6S/c1-17(31-22(26)16-18-7-6-8-20(15-18)30-2)23(27)24-19-9-11-21(12-10-19)32(28,29)25-13-4-3-5-14-25/h6-12,15,17H,3-5,13-14,16H2,1-2H3,(H,24,27)/t17-/m0/s1. The van der Waals surface area contributed by atoms with Crippen molar-refractivity contribution in [1.29, 1.82) is 0 Å². The number of carbonyl (C=O) groups excluding carboxylic acids is 2. The van der Waals surface area contributed by atoms with Crippen molar-refractivity contribution in [1.82, 2.24) is 4.31 Å². The Bertz CT molecular complexity index is 1050. The Morgan fingerprint density at radius 1 is 1.06 bits per heavy atom. The highest BCUT2D eigenvalue weighted by Crippen LogP contribution is 2.22. The average Bonchev–Trinajstić information content (AvgIpc) is 2.80. The number of anilines is 1. The van der Waals surface area contributed by atoms with Gasteiger partial charge >= 0.3 is 5.97 Å². The molecule has 2 aromatic rings. The molecular weight excluding hydrogens is 432 g/mol. The van der Waals surface area contributed by atoms with E-state index < -0.39 is 28.0 Å². The molecule has 1 saturated heterocycles. The van der Waals surface area contributed by atoms with Gasteiger partial charge in [0.05, 0.1) is 18.4 Å². The number of methoxy groups -OCH3 is 1. The number of piperidine rings is 1. The quantitative estimate of drug-likeness (QED) is 0.608. The molecule has 0 aliphatic carbocycles. The maximum absolute atomic E-state index is 12.7. The fraction of sp³-hybridized carbons (Fsp3) is 0.391. The molecule has 2 aromatic carbocycles. The van der Waals surface area contributed by atoms with E-state index >= 15 is 0 Å². The summed E-state index contributed by atoms with van der Waals surface area (Å²) >= 11 is 0. The number of ether oxygens (including phenoxy) is 2. The van der Waals surface area contributed by atoms with Crippen LogP contribution in [0, 0.1) is 0 Å². The molecule has 1 fully saturated rings. The van der Waals surface area contributed by atoms with Crippen LogP contribution in [0.5, 0.6) is 5.75 Å². The van der Waals surface area contributed by atoms with E-state index in [1.807, 2.05) is 0 Å². The highest BCUT2D eigenvalue weighted by Gasteiger charge is 2.26. The van der Waals surface area contributed by atoms with Crippen LogP contribution in [0.1, 0.15) is 31.7 Å². The smallest absolute Gasteiger partial charge is 0.311 e. The maximum Gasteiger partial charge on any atom is 0.311 e. The molecule has 0 bridgehead atoms. The normalized spacial score (nSPS) is 15.6. The topological polar surface area (TPSA) is 102 Å². The van der Waals surface area contributed by atoms with Crippen LogP contribution in [0.15, 0.2) is 53.4 Å². The molecule has 0 spiro atoms. The molecule has 0 saturated carbocycles. The predicted molar refractivity (Wildman–Crippen MR) is 120 cm³/mol. The number of esters is 1. The minimum absolute atomic E-state index is 0.0118. The van der Waals surface area contributed by atoms with E-state index in [0.29, 0.717) is 30.1 Å². The number of nitrogens with one attached hydrogen (secondary N) is 1. The third kappa shape index (κ3) is 6.08. The number of hydrogen-bond donors (Lipinski definition) is 1. The van der Waals surface area contributed by atoms with Gasteiger partial charge in [0.15, 0.2) is 6.10 Å². The summed E-state index contributed by atoms with van der Waals surface area (Å²) in [5.41, 5.74) is 1.13. The van der Waals surface area contributed by atoms with Crippen LogP contribution >= 0.6 is 0 Å². The molecule has 1 N–H and O–H groups in total. The number of nitrogens with zero attached hydrogens (tertiary/aromatic N) is 1. The first kappa shape index (κ1) is 23.7. The second kappa shape index (κ2) is 10.6. The summed E-state index contributed by atoms with van der Waals surface area (Å²) in [6.45, 7) is 2.53. The van der Waals surface area contributed by atoms with Gasteiger partial charge in [-0.15, -0.1) is 0 Å². The molecule has 1 aliphatic rings. The Morgan fingerprint density at radius 2 is 1.75 bits per heavy atom. The summed E-state index contributed by atoms with van der Waals surface area (Å²) in [6.07, 6.45) is 1.77. The van der Waals surface area contributed by atoms with Crippen molar-refractivity contribution in [3.8, 4) is 5.75 Å². The van der Waals surface area contributed by atoms with Gasteiger partial charge in [0.2, 0.25) is 10.0 Å². The number of hydrogen-bond acceptors (Lipinski definition) is 6. The van der Waals surface area contributed by atoms with Crippen LogP contribution < -0.4 is 10.1 Å². The Morgan fingerprint density at radius 3 is 2.41 bits per heavy atom. The average molecular weight is 461 g/mol. The molecule has 0 radical (unpaired) electrons. The van der Waals surface area contributed by atoms with E-state index in [0.717, 1.165) is 19.3 Å². The molecule has 0 unspecified atom stereocenters. The van der Waals surface area contributed by atoms with E-state index in [9.17, 15) is 18.0 Å². The molecule has 1 heterocycles. The fourth-order valence-electron chi connectivity index (χ4n) is 3.45. The summed E-state index contributed by atoms with van der Waals surface area (Å²) < 4.78 is 37.3. The number of sulfonamides is 1. The molecule has 3 rings (SSSR count). The highest BCUT2D eigenvalue weighted by atomic mass is 32.2. The van der Waals surface area contributed by atoms with Gasteiger partial charge in [0.25, 0.3) is 5.91 Å². The van der Waals surface area contributed by atoms with Crippen LogP contribution in [0.4, 0.5) is 5.69 Å². The predicted octanol–water partition coefficient (Wildman–Crippen LogP) is 2.98. The first-order valence-electron chi connectivity index (χ1n) is 10.5. The van der Waals surface area contributed by atoms with Gasteiger partial charge in [-0.25, -0.2) is 8.42 Å². The van der Waals surface area contributed by atoms with Gasteiger partial charge in [0, 0.05) is 18.8 Å². The summed E-state index contributed by atoms with van der Waals surface area (Å²) in [7, 11) is -1.99. The lowest BCUT2D eigenvalue weighted by Gasteiger charge is -2.25. The van der Waals surface area contributed by atoms with Gasteiger partial charge < -0.3 is 14.8 Å². The van der Waals surface area contributed by atoms with Crippen molar-refractivity contribution in [2.24, 2.45) is 0 Å². The highest BCUT2D eigenvalue weighted by molar-refractivity contribution is 7.89. The van der Waals surface area contributed by atoms with Gasteiger partial charge in [-0.05, 0) is 61.7 Å². The van der Waals surface area contributed by atoms with E-state index in [1.54, 1.807) is 31.4 Å². The molecule has 9 heteroatoms. The van der Waals surface area contributed by atoms with E-state index in [-0.39, 0.29) is 11.3 Å². The summed E-state index contributed by atoms with van der Waals surface area (Å²) in [5, 5.41) is 2.64. The largest absolute Gasteiger partial charge is 0.497 e. The zero-order valence-corrected chi connectivity index (χ0v) is 19.1. The van der Waals surface area contributed by atoms with E-state index in [4.69, 9.17) is 9.47 Å². The molecule has 1 atom stereocenters. The lowest BCUT2D eigenvalue weighted by atomic mass is 10.1. The van der Waals surface area contributed by atoms with Crippen LogP contribution in [-0.4, -0.2) is 50.9 Å². The van der Waals surface area contributed by atoms with Crippen molar-refractivity contribution >= 4 is 27.6 Å². The van der Waals surface area contributed by atoms with Crippen molar-refractivity contribution < 1.29 is 27.5 Å². The Kier molecular flexibility index (Phi) is 7.87. The maximum atomic E-state index is 12.7. The van der Waals surface area contributed by atoms with Crippen molar-refractivity contribution in [3.05, 3.63) is 54.1 Å². The first-order chi connectivity index (χ1) is 15.3. The molecule has 32 heavy (non-hydrogen) atoms. The molecule has 0 aromatic heterocycles. The SMILES string of the molecule is COc1cccc(CC(=O)O[C@@H](C)C(=O)Nc2ccc(S(=O)(=O)N3CCCCC3)cc2)c1. The van der Waals surface area contributed by atoms with Crippen LogP contribution in [0.2, 0.25) is 0 Å². The molecule has 172 valence electrons. The molecular formula is C23H28N2O6S. The summed E-state index contributed by atoms with van der Waals surface area (Å²) in [4.78, 5) is 24.8. The number of benzene rings is 2. The van der Waals surface area contributed by atoms with Gasteiger partial charge in [-0.2, -0.15) is 4.31 Å². The van der Waals surface area contributed by atoms with E-state index in [1.165, 1.54) is 35.5 Å². The fourth-order valence-corrected chi connectivity index (χ4v) is 4.97. The van der Waals surface area contributed by atoms with Crippen LogP contribution in [0.3, 0.4) is 0 Å². The zero-order valence-electron chi connectivity index (χ0n) is 18.2. The van der Waals surface area contributed by atoms with E-state index in [2.05, 4.69) is 5.32 Å². The molecule has 1 aliphatic heterocycles. The Labute approximate surface area is 188 Å². The third-order valence-electron chi connectivity index (χ3n) is 5.23. The lowest BCUT2D eigenvalue weighted by molar-refractivity contribution is -0.152. The lowest BCUT2D eigenvalue weighted by Crippen LogP contribution is -2.35. The number of rotatable bonds is 8. The monoisotopic (exact) mass is 460 g/mol. The van der Waals surface area contributed by atoms with Crippen molar-refractivity contribution in [3.63, 3.8) is 0 Å². The summed E-state index contributed by atoms with van der Waals surface area (Å²) in [6, 6.07) is 13.0. The van der Waals surface area contributed by atoms with Crippen LogP contribution in [0.25, 0.3) is 0 Å². The van der Waals surface area contributed by atoms with Crippen molar-refractivity contribution in [2.45, 2.75) is 43.6 Å². The van der Waals surface area contributed by atoms with Gasteiger partial charge in [0.1, 0.15) is 5.75 Å². The minimum atomic E-state index is -3.53. The Balaban J connectivity index is 1.54. The third-order valence-corrected chi connectivity index (χ3v) is 7.15.